The Bertz CT molecular complexity index is 1180. The Hall–Kier alpha value is -2.61. The lowest BCUT2D eigenvalue weighted by Gasteiger charge is -2.05. The first-order valence-corrected chi connectivity index (χ1v) is 7.91. The molecule has 0 spiro atoms. The van der Waals surface area contributed by atoms with Gasteiger partial charge in [0.05, 0.1) is 16.6 Å². The van der Waals surface area contributed by atoms with E-state index >= 15 is 0 Å². The van der Waals surface area contributed by atoms with E-state index in [0.29, 0.717) is 16.5 Å². The van der Waals surface area contributed by atoms with E-state index in [1.807, 2.05) is 0 Å². The smallest absolute Gasteiger partial charge is 0.416 e. The molecular weight excluding hydrogens is 401 g/mol. The summed E-state index contributed by atoms with van der Waals surface area (Å²) in [5.41, 5.74) is -0.326. The molecule has 4 aromatic rings. The fraction of sp³-hybridized carbons (Fsp3) is 0.0588. The van der Waals surface area contributed by atoms with Gasteiger partial charge >= 0.3 is 11.8 Å². The number of aromatic amines is 1. The molecule has 0 amide bonds. The number of H-pyrrole nitrogens is 1. The molecule has 2 aromatic carbocycles. The fourth-order valence-electron chi connectivity index (χ4n) is 2.57. The van der Waals surface area contributed by atoms with Gasteiger partial charge in [-0.15, -0.1) is 0 Å². The maximum absolute atomic E-state index is 12.8. The van der Waals surface area contributed by atoms with E-state index in [4.69, 9.17) is 4.42 Å². The summed E-state index contributed by atoms with van der Waals surface area (Å²) in [5, 5.41) is 0.667. The molecular formula is C17H8BrF3N2O2. The number of halogens is 4. The number of rotatable bonds is 1. The van der Waals surface area contributed by atoms with Crippen molar-refractivity contribution in [3.8, 4) is 11.4 Å². The number of nitrogens with one attached hydrogen (secondary N) is 1. The van der Waals surface area contributed by atoms with Crippen LogP contribution in [0.5, 0.6) is 0 Å². The van der Waals surface area contributed by atoms with E-state index in [9.17, 15) is 18.0 Å². The molecule has 4 rings (SSSR count). The number of hydrogen-bond donors (Lipinski definition) is 1. The zero-order chi connectivity index (χ0) is 17.8. The Labute approximate surface area is 146 Å². The third-order valence-electron chi connectivity index (χ3n) is 3.76. The average Bonchev–Trinajstić information content (AvgIpc) is 2.96. The highest BCUT2D eigenvalue weighted by atomic mass is 79.9. The molecule has 126 valence electrons. The zero-order valence-corrected chi connectivity index (χ0v) is 13.9. The number of aromatic nitrogens is 2. The molecule has 0 aliphatic heterocycles. The van der Waals surface area contributed by atoms with Crippen molar-refractivity contribution in [1.82, 2.24) is 9.97 Å². The number of benzene rings is 2. The third kappa shape index (κ3) is 2.82. The standard InChI is InChI=1S/C17H8BrF3N2O2/c18-10-2-4-14-8(5-10)6-11(16(24)25-14)15-22-12-3-1-9(17(19,20)21)7-13(12)23-15/h1-7H,(H,22,23). The van der Waals surface area contributed by atoms with E-state index < -0.39 is 17.4 Å². The van der Waals surface area contributed by atoms with E-state index in [1.54, 1.807) is 24.3 Å². The average molecular weight is 409 g/mol. The molecule has 0 radical (unpaired) electrons. The fourth-order valence-corrected chi connectivity index (χ4v) is 2.95. The van der Waals surface area contributed by atoms with Crippen LogP contribution in [0.15, 0.2) is 56.1 Å². The van der Waals surface area contributed by atoms with Gasteiger partial charge in [-0.3, -0.25) is 0 Å². The first-order valence-electron chi connectivity index (χ1n) is 7.12. The minimum absolute atomic E-state index is 0.148. The van der Waals surface area contributed by atoms with Gasteiger partial charge in [0.15, 0.2) is 0 Å². The second-order valence-corrected chi connectivity index (χ2v) is 6.36. The zero-order valence-electron chi connectivity index (χ0n) is 12.3. The molecule has 0 saturated heterocycles. The van der Waals surface area contributed by atoms with E-state index in [1.165, 1.54) is 6.07 Å². The largest absolute Gasteiger partial charge is 0.422 e. The normalized spacial score (nSPS) is 12.2. The molecule has 1 N–H and O–H groups in total. The van der Waals surface area contributed by atoms with Gasteiger partial charge in [0.2, 0.25) is 0 Å². The molecule has 8 heteroatoms. The number of fused-ring (bicyclic) bond motifs is 2. The summed E-state index contributed by atoms with van der Waals surface area (Å²) in [6.07, 6.45) is -4.45. The van der Waals surface area contributed by atoms with Crippen molar-refractivity contribution < 1.29 is 17.6 Å². The quantitative estimate of drug-likeness (QED) is 0.444. The van der Waals surface area contributed by atoms with Crippen molar-refractivity contribution in [2.75, 3.05) is 0 Å². The third-order valence-corrected chi connectivity index (χ3v) is 4.25. The number of alkyl halides is 3. The van der Waals surface area contributed by atoms with Gasteiger partial charge in [0.25, 0.3) is 0 Å². The van der Waals surface area contributed by atoms with Crippen LogP contribution in [0.2, 0.25) is 0 Å². The van der Waals surface area contributed by atoms with Crippen LogP contribution < -0.4 is 5.63 Å². The number of hydrogen-bond acceptors (Lipinski definition) is 3. The number of nitrogens with zero attached hydrogens (tertiary/aromatic N) is 1. The molecule has 0 aliphatic carbocycles. The van der Waals surface area contributed by atoms with Crippen LogP contribution in [-0.2, 0) is 6.18 Å². The highest BCUT2D eigenvalue weighted by molar-refractivity contribution is 9.10. The van der Waals surface area contributed by atoms with E-state index in [-0.39, 0.29) is 16.9 Å². The molecule has 2 heterocycles. The molecule has 0 aliphatic rings. The van der Waals surface area contributed by atoms with Crippen LogP contribution in [0.3, 0.4) is 0 Å². The summed E-state index contributed by atoms with van der Waals surface area (Å²) in [6, 6.07) is 9.93. The molecule has 2 aromatic heterocycles. The van der Waals surface area contributed by atoms with Crippen LogP contribution in [0.25, 0.3) is 33.4 Å². The molecule has 0 atom stereocenters. The molecule has 0 fully saturated rings. The van der Waals surface area contributed by atoms with Crippen LogP contribution in [-0.4, -0.2) is 9.97 Å². The van der Waals surface area contributed by atoms with Crippen molar-refractivity contribution in [3.63, 3.8) is 0 Å². The van der Waals surface area contributed by atoms with E-state index in [2.05, 4.69) is 25.9 Å². The Morgan fingerprint density at radius 2 is 1.88 bits per heavy atom. The van der Waals surface area contributed by atoms with Gasteiger partial charge in [-0.05, 0) is 42.5 Å². The predicted molar refractivity (Wildman–Crippen MR) is 90.3 cm³/mol. The van der Waals surface area contributed by atoms with Crippen molar-refractivity contribution in [3.05, 3.63) is 62.9 Å². The Balaban J connectivity index is 1.90. The van der Waals surface area contributed by atoms with Gasteiger partial charge in [-0.25, -0.2) is 9.78 Å². The monoisotopic (exact) mass is 408 g/mol. The first-order chi connectivity index (χ1) is 11.8. The lowest BCUT2D eigenvalue weighted by Crippen LogP contribution is -2.04. The second-order valence-electron chi connectivity index (χ2n) is 5.44. The lowest BCUT2D eigenvalue weighted by atomic mass is 10.2. The van der Waals surface area contributed by atoms with Crippen molar-refractivity contribution in [2.24, 2.45) is 0 Å². The van der Waals surface area contributed by atoms with Gasteiger partial charge in [-0.1, -0.05) is 15.9 Å². The van der Waals surface area contributed by atoms with Crippen molar-refractivity contribution in [2.45, 2.75) is 6.18 Å². The summed E-state index contributed by atoms with van der Waals surface area (Å²) in [7, 11) is 0. The highest BCUT2D eigenvalue weighted by Gasteiger charge is 2.30. The van der Waals surface area contributed by atoms with Crippen LogP contribution >= 0.6 is 15.9 Å². The summed E-state index contributed by atoms with van der Waals surface area (Å²) < 4.78 is 44.5. The van der Waals surface area contributed by atoms with Crippen LogP contribution in [0.1, 0.15) is 5.56 Å². The minimum Gasteiger partial charge on any atom is -0.422 e. The number of imidazole rings is 1. The van der Waals surface area contributed by atoms with Crippen LogP contribution in [0, 0.1) is 0 Å². The van der Waals surface area contributed by atoms with Crippen molar-refractivity contribution in [1.29, 1.82) is 0 Å². The Morgan fingerprint density at radius 1 is 1.08 bits per heavy atom. The molecule has 0 bridgehead atoms. The molecule has 4 nitrogen and oxygen atoms in total. The van der Waals surface area contributed by atoms with Gasteiger partial charge < -0.3 is 9.40 Å². The van der Waals surface area contributed by atoms with Crippen LogP contribution in [0.4, 0.5) is 13.2 Å². The predicted octanol–water partition coefficient (Wildman–Crippen LogP) is 5.12. The highest BCUT2D eigenvalue weighted by Crippen LogP contribution is 2.31. The van der Waals surface area contributed by atoms with E-state index in [0.717, 1.165) is 16.6 Å². The summed E-state index contributed by atoms with van der Waals surface area (Å²) >= 11 is 3.34. The minimum atomic E-state index is -4.45. The second kappa shape index (κ2) is 5.45. The maximum atomic E-state index is 12.8. The van der Waals surface area contributed by atoms with Crippen molar-refractivity contribution >= 4 is 37.9 Å². The molecule has 0 unspecified atom stereocenters. The van der Waals surface area contributed by atoms with Gasteiger partial charge in [0, 0.05) is 9.86 Å². The SMILES string of the molecule is O=c1oc2ccc(Br)cc2cc1-c1nc2ccc(C(F)(F)F)cc2[nH]1. The van der Waals surface area contributed by atoms with Gasteiger partial charge in [-0.2, -0.15) is 13.2 Å². The first kappa shape index (κ1) is 15.9. The molecule has 0 saturated carbocycles. The Morgan fingerprint density at radius 3 is 2.64 bits per heavy atom. The topological polar surface area (TPSA) is 58.9 Å². The maximum Gasteiger partial charge on any atom is 0.416 e. The summed E-state index contributed by atoms with van der Waals surface area (Å²) in [6.45, 7) is 0. The lowest BCUT2D eigenvalue weighted by molar-refractivity contribution is -0.137. The van der Waals surface area contributed by atoms with Gasteiger partial charge in [0.1, 0.15) is 17.0 Å². The summed E-state index contributed by atoms with van der Waals surface area (Å²) in [4.78, 5) is 19.2. The summed E-state index contributed by atoms with van der Waals surface area (Å²) in [5.74, 6) is 0.157. The Kier molecular flexibility index (Phi) is 3.47. The molecule has 25 heavy (non-hydrogen) atoms.